The van der Waals surface area contributed by atoms with Gasteiger partial charge in [-0.1, -0.05) is 25.4 Å². The normalized spacial score (nSPS) is 13.4. The van der Waals surface area contributed by atoms with E-state index in [-0.39, 0.29) is 12.6 Å². The Morgan fingerprint density at radius 2 is 2.12 bits per heavy atom. The number of rotatable bonds is 6. The first-order chi connectivity index (χ1) is 7.95. The van der Waals surface area contributed by atoms with Crippen LogP contribution in [0.4, 0.5) is 0 Å². The Kier molecular flexibility index (Phi) is 5.43. The summed E-state index contributed by atoms with van der Waals surface area (Å²) in [7, 11) is 1.88. The zero-order valence-corrected chi connectivity index (χ0v) is 11.8. The van der Waals surface area contributed by atoms with Crippen LogP contribution in [0.2, 0.25) is 5.02 Å². The fourth-order valence-corrected chi connectivity index (χ4v) is 2.13. The van der Waals surface area contributed by atoms with Gasteiger partial charge in [-0.3, -0.25) is 4.68 Å². The van der Waals surface area contributed by atoms with E-state index in [0.717, 1.165) is 17.8 Å². The fraction of sp³-hybridized carbons (Fsp3) is 0.750. The van der Waals surface area contributed by atoms with Gasteiger partial charge in [0.15, 0.2) is 0 Å². The molecule has 0 aliphatic heterocycles. The monoisotopic (exact) mass is 259 g/mol. The second-order valence-electron chi connectivity index (χ2n) is 4.86. The molecular weight excluding hydrogens is 238 g/mol. The maximum Gasteiger partial charge on any atom is 0.0860 e. The van der Waals surface area contributed by atoms with E-state index in [4.69, 9.17) is 11.6 Å². The van der Waals surface area contributed by atoms with Crippen LogP contribution in [0.1, 0.15) is 31.7 Å². The minimum absolute atomic E-state index is 0.112. The van der Waals surface area contributed by atoms with Crippen molar-refractivity contribution in [2.24, 2.45) is 13.0 Å². The van der Waals surface area contributed by atoms with Crippen molar-refractivity contribution < 1.29 is 5.11 Å². The largest absolute Gasteiger partial charge is 0.395 e. The average Bonchev–Trinajstić information content (AvgIpc) is 2.49. The molecule has 17 heavy (non-hydrogen) atoms. The van der Waals surface area contributed by atoms with Crippen molar-refractivity contribution in [2.45, 2.75) is 39.8 Å². The highest BCUT2D eigenvalue weighted by Crippen LogP contribution is 2.19. The summed E-state index contributed by atoms with van der Waals surface area (Å²) in [5.41, 5.74) is 1.81. The predicted molar refractivity (Wildman–Crippen MR) is 70.1 cm³/mol. The van der Waals surface area contributed by atoms with Gasteiger partial charge in [0.05, 0.1) is 23.0 Å². The van der Waals surface area contributed by atoms with Gasteiger partial charge in [-0.2, -0.15) is 5.10 Å². The molecule has 1 atom stereocenters. The van der Waals surface area contributed by atoms with Crippen molar-refractivity contribution in [3.05, 3.63) is 16.4 Å². The van der Waals surface area contributed by atoms with Gasteiger partial charge < -0.3 is 10.4 Å². The summed E-state index contributed by atoms with van der Waals surface area (Å²) in [6.45, 7) is 6.96. The molecule has 98 valence electrons. The highest BCUT2D eigenvalue weighted by Gasteiger charge is 2.14. The van der Waals surface area contributed by atoms with E-state index >= 15 is 0 Å². The Hall–Kier alpha value is -0.580. The summed E-state index contributed by atoms with van der Waals surface area (Å²) in [5, 5.41) is 17.6. The summed E-state index contributed by atoms with van der Waals surface area (Å²) in [6.07, 6.45) is 0.949. The third-order valence-corrected chi connectivity index (χ3v) is 3.29. The minimum atomic E-state index is 0.112. The van der Waals surface area contributed by atoms with Crippen molar-refractivity contribution in [1.82, 2.24) is 15.1 Å². The molecule has 1 rings (SSSR count). The second kappa shape index (κ2) is 6.38. The van der Waals surface area contributed by atoms with E-state index in [0.29, 0.717) is 17.5 Å². The highest BCUT2D eigenvalue weighted by atomic mass is 35.5. The molecule has 0 aromatic carbocycles. The molecule has 0 fully saturated rings. The van der Waals surface area contributed by atoms with Gasteiger partial charge in [-0.15, -0.1) is 0 Å². The molecule has 1 unspecified atom stereocenters. The van der Waals surface area contributed by atoms with Crippen LogP contribution in [0.5, 0.6) is 0 Å². The topological polar surface area (TPSA) is 50.1 Å². The summed E-state index contributed by atoms with van der Waals surface area (Å²) >= 11 is 6.16. The smallest absolute Gasteiger partial charge is 0.0860 e. The molecule has 0 radical (unpaired) electrons. The lowest BCUT2D eigenvalue weighted by molar-refractivity contribution is 0.222. The van der Waals surface area contributed by atoms with Crippen molar-refractivity contribution in [1.29, 1.82) is 0 Å². The molecule has 1 heterocycles. The molecule has 2 N–H and O–H groups in total. The van der Waals surface area contributed by atoms with Gasteiger partial charge in [0.1, 0.15) is 0 Å². The average molecular weight is 260 g/mol. The maximum absolute atomic E-state index is 9.28. The maximum atomic E-state index is 9.28. The Morgan fingerprint density at radius 3 is 2.53 bits per heavy atom. The Bertz CT molecular complexity index is 363. The molecule has 4 nitrogen and oxygen atoms in total. The molecular formula is C12H22ClN3O. The quantitative estimate of drug-likeness (QED) is 0.820. The van der Waals surface area contributed by atoms with E-state index in [1.807, 2.05) is 14.0 Å². The first-order valence-corrected chi connectivity index (χ1v) is 6.35. The van der Waals surface area contributed by atoms with E-state index < -0.39 is 0 Å². The van der Waals surface area contributed by atoms with Crippen molar-refractivity contribution in [3.63, 3.8) is 0 Å². The van der Waals surface area contributed by atoms with Crippen molar-refractivity contribution in [3.8, 4) is 0 Å². The van der Waals surface area contributed by atoms with E-state index in [9.17, 15) is 5.11 Å². The van der Waals surface area contributed by atoms with Gasteiger partial charge in [0, 0.05) is 19.6 Å². The van der Waals surface area contributed by atoms with Crippen LogP contribution in [0, 0.1) is 12.8 Å². The van der Waals surface area contributed by atoms with Crippen LogP contribution in [-0.4, -0.2) is 27.5 Å². The summed E-state index contributed by atoms with van der Waals surface area (Å²) in [5.74, 6) is 0.559. The first kappa shape index (κ1) is 14.5. The first-order valence-electron chi connectivity index (χ1n) is 5.97. The Labute approximate surface area is 108 Å². The van der Waals surface area contributed by atoms with Gasteiger partial charge in [0.25, 0.3) is 0 Å². The molecule has 0 aliphatic carbocycles. The number of halogens is 1. The van der Waals surface area contributed by atoms with Crippen molar-refractivity contribution in [2.75, 3.05) is 6.61 Å². The second-order valence-corrected chi connectivity index (χ2v) is 5.24. The van der Waals surface area contributed by atoms with Crippen LogP contribution >= 0.6 is 11.6 Å². The molecule has 1 aromatic heterocycles. The summed E-state index contributed by atoms with van der Waals surface area (Å²) < 4.78 is 1.79. The Morgan fingerprint density at radius 1 is 1.47 bits per heavy atom. The van der Waals surface area contributed by atoms with E-state index in [1.54, 1.807) is 4.68 Å². The number of hydrogen-bond donors (Lipinski definition) is 2. The van der Waals surface area contributed by atoms with Gasteiger partial charge in [-0.25, -0.2) is 0 Å². The van der Waals surface area contributed by atoms with Crippen LogP contribution in [0.3, 0.4) is 0 Å². The summed E-state index contributed by atoms with van der Waals surface area (Å²) in [4.78, 5) is 0. The predicted octanol–water partition coefficient (Wildman–Crippen LogP) is 1.88. The molecule has 0 amide bonds. The zero-order chi connectivity index (χ0) is 13.0. The molecule has 1 aromatic rings. The van der Waals surface area contributed by atoms with E-state index in [2.05, 4.69) is 24.3 Å². The molecule has 0 saturated carbocycles. The SMILES string of the molecule is Cc1nn(C)c(CNC(CO)CC(C)C)c1Cl. The lowest BCUT2D eigenvalue weighted by Crippen LogP contribution is -2.33. The number of nitrogens with zero attached hydrogens (tertiary/aromatic N) is 2. The number of aromatic nitrogens is 2. The van der Waals surface area contributed by atoms with Crippen LogP contribution < -0.4 is 5.32 Å². The highest BCUT2D eigenvalue weighted by molar-refractivity contribution is 6.31. The fourth-order valence-electron chi connectivity index (χ4n) is 1.90. The third kappa shape index (κ3) is 3.98. The molecule has 0 spiro atoms. The molecule has 5 heteroatoms. The number of aliphatic hydroxyl groups is 1. The number of nitrogens with one attached hydrogen (secondary N) is 1. The lowest BCUT2D eigenvalue weighted by Gasteiger charge is -2.18. The van der Waals surface area contributed by atoms with Crippen LogP contribution in [0.15, 0.2) is 0 Å². The molecule has 0 bridgehead atoms. The minimum Gasteiger partial charge on any atom is -0.395 e. The third-order valence-electron chi connectivity index (χ3n) is 2.80. The number of hydrogen-bond acceptors (Lipinski definition) is 3. The molecule has 0 aliphatic rings. The zero-order valence-electron chi connectivity index (χ0n) is 11.0. The van der Waals surface area contributed by atoms with Gasteiger partial charge in [-0.05, 0) is 19.3 Å². The lowest BCUT2D eigenvalue weighted by atomic mass is 10.0. The number of aliphatic hydroxyl groups excluding tert-OH is 1. The standard InChI is InChI=1S/C12H22ClN3O/c1-8(2)5-10(7-17)14-6-11-12(13)9(3)15-16(11)4/h8,10,14,17H,5-7H2,1-4H3. The van der Waals surface area contributed by atoms with Crippen LogP contribution in [-0.2, 0) is 13.6 Å². The van der Waals surface area contributed by atoms with E-state index in [1.165, 1.54) is 0 Å². The van der Waals surface area contributed by atoms with Gasteiger partial charge in [0.2, 0.25) is 0 Å². The molecule has 0 saturated heterocycles. The Balaban J connectivity index is 2.59. The number of aryl methyl sites for hydroxylation is 2. The van der Waals surface area contributed by atoms with Crippen LogP contribution in [0.25, 0.3) is 0 Å². The summed E-state index contributed by atoms with van der Waals surface area (Å²) in [6, 6.07) is 0.112. The van der Waals surface area contributed by atoms with Gasteiger partial charge >= 0.3 is 0 Å². The van der Waals surface area contributed by atoms with Crippen molar-refractivity contribution >= 4 is 11.6 Å².